The molecule has 2 N–H and O–H groups in total. The Kier molecular flexibility index (Phi) is 6.46. The number of amides is 1. The van der Waals surface area contributed by atoms with Gasteiger partial charge in [0, 0.05) is 54.2 Å². The first-order valence-corrected chi connectivity index (χ1v) is 9.32. The predicted molar refractivity (Wildman–Crippen MR) is 118 cm³/mol. The molecule has 3 aromatic rings. The monoisotopic (exact) mass is 405 g/mol. The van der Waals surface area contributed by atoms with Crippen molar-refractivity contribution in [2.45, 2.75) is 12.8 Å². The van der Waals surface area contributed by atoms with Crippen LogP contribution in [-0.4, -0.2) is 35.4 Å². The maximum atomic E-state index is 12.4. The number of carbonyl (C=O) groups is 1. The SMILES string of the molecule is CN=CC(C=N)c1ccc(Cl)c(-c2ccc(NC(=O)c3cnccc3C)nc2)c1. The van der Waals surface area contributed by atoms with Gasteiger partial charge in [-0.3, -0.25) is 14.8 Å². The van der Waals surface area contributed by atoms with Gasteiger partial charge in [-0.25, -0.2) is 4.98 Å². The van der Waals surface area contributed by atoms with Crippen LogP contribution in [0.15, 0.2) is 60.0 Å². The van der Waals surface area contributed by atoms with Crippen molar-refractivity contribution in [3.05, 3.63) is 76.7 Å². The van der Waals surface area contributed by atoms with Crippen LogP contribution in [0.5, 0.6) is 0 Å². The van der Waals surface area contributed by atoms with E-state index in [1.807, 2.05) is 25.1 Å². The summed E-state index contributed by atoms with van der Waals surface area (Å²) in [6, 6.07) is 11.0. The lowest BCUT2D eigenvalue weighted by Crippen LogP contribution is -2.14. The van der Waals surface area contributed by atoms with Gasteiger partial charge >= 0.3 is 0 Å². The number of hydrogen-bond acceptors (Lipinski definition) is 5. The fourth-order valence-electron chi connectivity index (χ4n) is 2.87. The fourth-order valence-corrected chi connectivity index (χ4v) is 3.10. The average Bonchev–Trinajstić information content (AvgIpc) is 2.73. The number of aromatic nitrogens is 2. The van der Waals surface area contributed by atoms with Gasteiger partial charge in [0.1, 0.15) is 5.82 Å². The van der Waals surface area contributed by atoms with Gasteiger partial charge in [0.25, 0.3) is 5.91 Å². The molecule has 0 saturated carbocycles. The largest absolute Gasteiger partial charge is 0.312 e. The summed E-state index contributed by atoms with van der Waals surface area (Å²) < 4.78 is 0. The molecule has 0 aliphatic rings. The molecule has 0 bridgehead atoms. The minimum Gasteiger partial charge on any atom is -0.312 e. The molecule has 0 aliphatic heterocycles. The van der Waals surface area contributed by atoms with E-state index in [-0.39, 0.29) is 11.8 Å². The zero-order valence-electron chi connectivity index (χ0n) is 16.1. The van der Waals surface area contributed by atoms with Crippen LogP contribution in [0.4, 0.5) is 5.82 Å². The molecule has 1 unspecified atom stereocenters. The average molecular weight is 406 g/mol. The molecule has 1 aromatic carbocycles. The molecular weight excluding hydrogens is 386 g/mol. The molecule has 0 saturated heterocycles. The minimum absolute atomic E-state index is 0.217. The molecular formula is C22H20ClN5O. The molecule has 2 heterocycles. The van der Waals surface area contributed by atoms with E-state index in [2.05, 4.69) is 20.3 Å². The highest BCUT2D eigenvalue weighted by Gasteiger charge is 2.12. The quantitative estimate of drug-likeness (QED) is 0.577. The number of aryl methyl sites for hydroxylation is 1. The van der Waals surface area contributed by atoms with Crippen LogP contribution < -0.4 is 5.32 Å². The Balaban J connectivity index is 1.84. The van der Waals surface area contributed by atoms with Gasteiger partial charge < -0.3 is 10.7 Å². The first kappa shape index (κ1) is 20.4. The van der Waals surface area contributed by atoms with Crippen LogP contribution in [0.1, 0.15) is 27.4 Å². The Bertz CT molecular complexity index is 1060. The summed E-state index contributed by atoms with van der Waals surface area (Å²) in [4.78, 5) is 24.8. The zero-order valence-corrected chi connectivity index (χ0v) is 16.8. The van der Waals surface area contributed by atoms with E-state index < -0.39 is 0 Å². The fraction of sp³-hybridized carbons (Fsp3) is 0.136. The van der Waals surface area contributed by atoms with E-state index in [4.69, 9.17) is 17.0 Å². The Morgan fingerprint density at radius 3 is 2.72 bits per heavy atom. The number of nitrogens with one attached hydrogen (secondary N) is 2. The molecule has 1 atom stereocenters. The number of anilines is 1. The van der Waals surface area contributed by atoms with Crippen LogP contribution in [0.3, 0.4) is 0 Å². The third kappa shape index (κ3) is 4.73. The molecule has 2 aromatic heterocycles. The van der Waals surface area contributed by atoms with E-state index >= 15 is 0 Å². The molecule has 3 rings (SSSR count). The zero-order chi connectivity index (χ0) is 20.8. The van der Waals surface area contributed by atoms with Gasteiger partial charge in [-0.05, 0) is 48.4 Å². The van der Waals surface area contributed by atoms with Gasteiger partial charge in [0.2, 0.25) is 0 Å². The van der Waals surface area contributed by atoms with E-state index in [9.17, 15) is 4.79 Å². The minimum atomic E-state index is -0.261. The highest BCUT2D eigenvalue weighted by molar-refractivity contribution is 6.33. The maximum Gasteiger partial charge on any atom is 0.258 e. The van der Waals surface area contributed by atoms with Crippen molar-refractivity contribution in [2.75, 3.05) is 12.4 Å². The normalized spacial score (nSPS) is 12.0. The lowest BCUT2D eigenvalue weighted by atomic mass is 9.97. The van der Waals surface area contributed by atoms with Crippen molar-refractivity contribution in [1.29, 1.82) is 5.41 Å². The lowest BCUT2D eigenvalue weighted by molar-refractivity contribution is 0.102. The number of nitrogens with zero attached hydrogens (tertiary/aromatic N) is 3. The van der Waals surface area contributed by atoms with Crippen LogP contribution in [0.2, 0.25) is 5.02 Å². The third-order valence-electron chi connectivity index (χ3n) is 4.46. The second kappa shape index (κ2) is 9.21. The Morgan fingerprint density at radius 1 is 1.24 bits per heavy atom. The standard InChI is InChI=1S/C22H20ClN5O/c1-14-7-8-26-13-19(14)22(29)28-21-6-4-16(12-27-21)18-9-15(3-5-20(18)23)17(10-24)11-25-2/h3-13,17,24H,1-2H3,(H,27,28,29). The highest BCUT2D eigenvalue weighted by atomic mass is 35.5. The van der Waals surface area contributed by atoms with Crippen LogP contribution in [0.25, 0.3) is 11.1 Å². The highest BCUT2D eigenvalue weighted by Crippen LogP contribution is 2.30. The van der Waals surface area contributed by atoms with Crippen LogP contribution in [0, 0.1) is 12.3 Å². The van der Waals surface area contributed by atoms with Gasteiger partial charge in [0.15, 0.2) is 0 Å². The van der Waals surface area contributed by atoms with Gasteiger partial charge in [-0.2, -0.15) is 0 Å². The third-order valence-corrected chi connectivity index (χ3v) is 4.79. The number of aliphatic imine (C=N–C) groups is 1. The van der Waals surface area contributed by atoms with E-state index in [0.717, 1.165) is 22.3 Å². The van der Waals surface area contributed by atoms with Crippen molar-refractivity contribution in [1.82, 2.24) is 9.97 Å². The Hall–Kier alpha value is -3.38. The van der Waals surface area contributed by atoms with E-state index in [1.165, 1.54) is 12.4 Å². The predicted octanol–water partition coefficient (Wildman–Crippen LogP) is 4.79. The molecule has 0 radical (unpaired) electrons. The van der Waals surface area contributed by atoms with Gasteiger partial charge in [-0.1, -0.05) is 17.7 Å². The van der Waals surface area contributed by atoms with Crippen molar-refractivity contribution in [2.24, 2.45) is 4.99 Å². The summed E-state index contributed by atoms with van der Waals surface area (Å²) in [5, 5.41) is 11.0. The van der Waals surface area contributed by atoms with Crippen molar-refractivity contribution < 1.29 is 4.79 Å². The topological polar surface area (TPSA) is 91.1 Å². The van der Waals surface area contributed by atoms with Crippen LogP contribution in [-0.2, 0) is 0 Å². The first-order valence-electron chi connectivity index (χ1n) is 8.94. The molecule has 0 aliphatic carbocycles. The van der Waals surface area contributed by atoms with Crippen molar-refractivity contribution in [3.8, 4) is 11.1 Å². The summed E-state index contributed by atoms with van der Waals surface area (Å²) in [5.41, 5.74) is 3.87. The van der Waals surface area contributed by atoms with Crippen molar-refractivity contribution in [3.63, 3.8) is 0 Å². The number of rotatable bonds is 6. The first-order chi connectivity index (χ1) is 14.0. The lowest BCUT2D eigenvalue weighted by Gasteiger charge is -2.12. The summed E-state index contributed by atoms with van der Waals surface area (Å²) >= 11 is 6.38. The van der Waals surface area contributed by atoms with E-state index in [1.54, 1.807) is 43.9 Å². The summed E-state index contributed by atoms with van der Waals surface area (Å²) in [6.45, 7) is 1.85. The maximum absolute atomic E-state index is 12.4. The summed E-state index contributed by atoms with van der Waals surface area (Å²) in [5.74, 6) is -0.0430. The summed E-state index contributed by atoms with van der Waals surface area (Å²) in [6.07, 6.45) is 7.87. The smallest absolute Gasteiger partial charge is 0.258 e. The number of carbonyl (C=O) groups excluding carboxylic acids is 1. The molecule has 0 fully saturated rings. The number of benzene rings is 1. The van der Waals surface area contributed by atoms with Crippen LogP contribution >= 0.6 is 11.6 Å². The summed E-state index contributed by atoms with van der Waals surface area (Å²) in [7, 11) is 1.68. The number of halogens is 1. The molecule has 1 amide bonds. The molecule has 146 valence electrons. The number of pyridine rings is 2. The van der Waals surface area contributed by atoms with Gasteiger partial charge in [0.05, 0.1) is 11.5 Å². The van der Waals surface area contributed by atoms with E-state index in [0.29, 0.717) is 16.4 Å². The second-order valence-electron chi connectivity index (χ2n) is 6.42. The van der Waals surface area contributed by atoms with Gasteiger partial charge in [-0.15, -0.1) is 0 Å². The van der Waals surface area contributed by atoms with Crippen molar-refractivity contribution >= 4 is 35.8 Å². The molecule has 29 heavy (non-hydrogen) atoms. The second-order valence-corrected chi connectivity index (χ2v) is 6.82. The molecule has 0 spiro atoms. The molecule has 7 heteroatoms. The molecule has 6 nitrogen and oxygen atoms in total. The number of hydrogen-bond donors (Lipinski definition) is 2. The Labute approximate surface area is 174 Å². The Morgan fingerprint density at radius 2 is 2.07 bits per heavy atom.